The van der Waals surface area contributed by atoms with Crippen molar-refractivity contribution >= 4 is 15.7 Å². The van der Waals surface area contributed by atoms with Crippen LogP contribution in [0.5, 0.6) is 0 Å². The number of nitrogens with zero attached hydrogens (tertiary/aromatic N) is 2. The van der Waals surface area contributed by atoms with Gasteiger partial charge in [0.05, 0.1) is 23.4 Å². The maximum Gasteiger partial charge on any atom is 0.245 e. The fourth-order valence-corrected chi connectivity index (χ4v) is 4.03. The van der Waals surface area contributed by atoms with Gasteiger partial charge in [0.15, 0.2) is 0 Å². The Labute approximate surface area is 125 Å². The molecule has 1 aliphatic rings. The molecule has 0 atom stereocenters. The van der Waals surface area contributed by atoms with Crippen LogP contribution in [0.2, 0.25) is 0 Å². The van der Waals surface area contributed by atoms with E-state index in [-0.39, 0.29) is 16.7 Å². The van der Waals surface area contributed by atoms with Crippen molar-refractivity contribution in [2.24, 2.45) is 0 Å². The first-order chi connectivity index (χ1) is 9.98. The third kappa shape index (κ3) is 3.35. The molecular formula is C14H19N3O3S. The molecule has 1 heterocycles. The summed E-state index contributed by atoms with van der Waals surface area (Å²) in [6.07, 6.45) is 1.49. The van der Waals surface area contributed by atoms with E-state index in [9.17, 15) is 8.42 Å². The van der Waals surface area contributed by atoms with Gasteiger partial charge in [-0.05, 0) is 38.0 Å². The van der Waals surface area contributed by atoms with E-state index in [0.717, 1.165) is 0 Å². The van der Waals surface area contributed by atoms with Gasteiger partial charge in [0.25, 0.3) is 0 Å². The third-order valence-electron chi connectivity index (χ3n) is 3.56. The van der Waals surface area contributed by atoms with Crippen LogP contribution in [0, 0.1) is 11.3 Å². The number of nitrogens with two attached hydrogens (primary N) is 1. The van der Waals surface area contributed by atoms with Crippen LogP contribution in [-0.4, -0.2) is 38.5 Å². The number of sulfonamides is 1. The number of piperidine rings is 1. The Morgan fingerprint density at radius 1 is 1.43 bits per heavy atom. The standard InChI is InChI=1S/C14H19N3O3S/c1-2-20-12-5-7-17(8-6-12)21(18,19)14-4-3-11(10-15)9-13(14)16/h3-4,9,12H,2,5-8,16H2,1H3. The van der Waals surface area contributed by atoms with Crippen molar-refractivity contribution in [2.45, 2.75) is 30.8 Å². The molecule has 1 saturated heterocycles. The molecule has 2 rings (SSSR count). The Morgan fingerprint density at radius 2 is 2.10 bits per heavy atom. The van der Waals surface area contributed by atoms with E-state index < -0.39 is 10.0 Å². The molecule has 0 unspecified atom stereocenters. The zero-order valence-corrected chi connectivity index (χ0v) is 12.8. The van der Waals surface area contributed by atoms with E-state index >= 15 is 0 Å². The van der Waals surface area contributed by atoms with E-state index in [1.165, 1.54) is 22.5 Å². The van der Waals surface area contributed by atoms with Gasteiger partial charge in [-0.25, -0.2) is 8.42 Å². The molecule has 114 valence electrons. The molecule has 7 heteroatoms. The quantitative estimate of drug-likeness (QED) is 0.846. The molecule has 2 N–H and O–H groups in total. The Hall–Kier alpha value is -1.62. The summed E-state index contributed by atoms with van der Waals surface area (Å²) in [4.78, 5) is 0.0661. The monoisotopic (exact) mass is 309 g/mol. The summed E-state index contributed by atoms with van der Waals surface area (Å²) >= 11 is 0. The number of rotatable bonds is 4. The molecule has 0 saturated carbocycles. The van der Waals surface area contributed by atoms with Gasteiger partial charge in [-0.15, -0.1) is 0 Å². The highest BCUT2D eigenvalue weighted by atomic mass is 32.2. The first-order valence-corrected chi connectivity index (χ1v) is 8.34. The normalized spacial score (nSPS) is 17.5. The molecule has 1 aromatic carbocycles. The molecule has 6 nitrogen and oxygen atoms in total. The van der Waals surface area contributed by atoms with Crippen molar-refractivity contribution in [1.82, 2.24) is 4.31 Å². The SMILES string of the molecule is CCOC1CCN(S(=O)(=O)c2ccc(C#N)cc2N)CC1. The second-order valence-electron chi connectivity index (χ2n) is 4.92. The van der Waals surface area contributed by atoms with Gasteiger partial charge in [0, 0.05) is 19.7 Å². The second kappa shape index (κ2) is 6.43. The number of ether oxygens (including phenoxy) is 1. The van der Waals surface area contributed by atoms with Gasteiger partial charge in [-0.3, -0.25) is 0 Å². The van der Waals surface area contributed by atoms with Crippen LogP contribution < -0.4 is 5.73 Å². The van der Waals surface area contributed by atoms with Crippen molar-refractivity contribution < 1.29 is 13.2 Å². The number of hydrogen-bond donors (Lipinski definition) is 1. The second-order valence-corrected chi connectivity index (χ2v) is 6.83. The van der Waals surface area contributed by atoms with Crippen LogP contribution >= 0.6 is 0 Å². The van der Waals surface area contributed by atoms with E-state index in [4.69, 9.17) is 15.7 Å². The van der Waals surface area contributed by atoms with E-state index in [1.54, 1.807) is 0 Å². The number of benzene rings is 1. The van der Waals surface area contributed by atoms with E-state index in [1.807, 2.05) is 13.0 Å². The van der Waals surface area contributed by atoms with Crippen LogP contribution in [0.1, 0.15) is 25.3 Å². The van der Waals surface area contributed by atoms with E-state index in [0.29, 0.717) is 38.1 Å². The molecular weight excluding hydrogens is 290 g/mol. The molecule has 0 radical (unpaired) electrons. The highest BCUT2D eigenvalue weighted by molar-refractivity contribution is 7.89. The molecule has 0 aliphatic carbocycles. The lowest BCUT2D eigenvalue weighted by molar-refractivity contribution is 0.0290. The summed E-state index contributed by atoms with van der Waals surface area (Å²) in [7, 11) is -3.61. The van der Waals surface area contributed by atoms with Crippen LogP contribution in [0.3, 0.4) is 0 Å². The van der Waals surface area contributed by atoms with Crippen molar-refractivity contribution in [3.05, 3.63) is 23.8 Å². The topological polar surface area (TPSA) is 96.4 Å². The lowest BCUT2D eigenvalue weighted by Gasteiger charge is -2.31. The summed E-state index contributed by atoms with van der Waals surface area (Å²) in [5.74, 6) is 0. The average molecular weight is 309 g/mol. The minimum absolute atomic E-state index is 0.0661. The third-order valence-corrected chi connectivity index (χ3v) is 5.53. The minimum atomic E-state index is -3.61. The lowest BCUT2D eigenvalue weighted by Crippen LogP contribution is -2.41. The summed E-state index contributed by atoms with van der Waals surface area (Å²) in [6, 6.07) is 6.20. The smallest absolute Gasteiger partial charge is 0.245 e. The van der Waals surface area contributed by atoms with Crippen molar-refractivity contribution in [3.63, 3.8) is 0 Å². The first kappa shape index (κ1) is 15.8. The van der Waals surface area contributed by atoms with Gasteiger partial charge in [-0.2, -0.15) is 9.57 Å². The Bertz CT molecular complexity index is 644. The molecule has 1 aliphatic heterocycles. The summed E-state index contributed by atoms with van der Waals surface area (Å²) < 4.78 is 32.1. The molecule has 0 amide bonds. The van der Waals surface area contributed by atoms with Crippen molar-refractivity contribution in [3.8, 4) is 6.07 Å². The van der Waals surface area contributed by atoms with Gasteiger partial charge in [0.1, 0.15) is 4.90 Å². The number of nitrogen functional groups attached to an aromatic ring is 1. The molecule has 0 spiro atoms. The molecule has 0 bridgehead atoms. The maximum absolute atomic E-state index is 12.6. The Balaban J connectivity index is 2.18. The Kier molecular flexibility index (Phi) is 4.83. The van der Waals surface area contributed by atoms with Gasteiger partial charge in [0.2, 0.25) is 10.0 Å². The largest absolute Gasteiger partial charge is 0.398 e. The van der Waals surface area contributed by atoms with Gasteiger partial charge >= 0.3 is 0 Å². The fraction of sp³-hybridized carbons (Fsp3) is 0.500. The molecule has 1 aromatic rings. The predicted molar refractivity (Wildman–Crippen MR) is 79.0 cm³/mol. The highest BCUT2D eigenvalue weighted by Crippen LogP contribution is 2.26. The minimum Gasteiger partial charge on any atom is -0.398 e. The lowest BCUT2D eigenvalue weighted by atomic mass is 10.1. The Morgan fingerprint density at radius 3 is 2.62 bits per heavy atom. The van der Waals surface area contributed by atoms with Gasteiger partial charge in [-0.1, -0.05) is 0 Å². The van der Waals surface area contributed by atoms with Crippen LogP contribution in [0.25, 0.3) is 0 Å². The zero-order valence-electron chi connectivity index (χ0n) is 11.9. The summed E-state index contributed by atoms with van der Waals surface area (Å²) in [6.45, 7) is 3.42. The van der Waals surface area contributed by atoms with Crippen LogP contribution in [0.15, 0.2) is 23.1 Å². The highest BCUT2D eigenvalue weighted by Gasteiger charge is 2.30. The van der Waals surface area contributed by atoms with Crippen molar-refractivity contribution in [2.75, 3.05) is 25.4 Å². The van der Waals surface area contributed by atoms with E-state index in [2.05, 4.69) is 0 Å². The maximum atomic E-state index is 12.6. The molecule has 1 fully saturated rings. The van der Waals surface area contributed by atoms with Gasteiger partial charge < -0.3 is 10.5 Å². The number of anilines is 1. The summed E-state index contributed by atoms with van der Waals surface area (Å²) in [5, 5.41) is 8.80. The zero-order chi connectivity index (χ0) is 15.5. The number of hydrogen-bond acceptors (Lipinski definition) is 5. The summed E-state index contributed by atoms with van der Waals surface area (Å²) in [5.41, 5.74) is 6.24. The van der Waals surface area contributed by atoms with Crippen LogP contribution in [0.4, 0.5) is 5.69 Å². The fourth-order valence-electron chi connectivity index (χ4n) is 2.47. The van der Waals surface area contributed by atoms with Crippen LogP contribution in [-0.2, 0) is 14.8 Å². The number of nitriles is 1. The molecule has 0 aromatic heterocycles. The molecule has 21 heavy (non-hydrogen) atoms. The predicted octanol–water partition coefficient (Wildman–Crippen LogP) is 1.33. The van der Waals surface area contributed by atoms with Crippen molar-refractivity contribution in [1.29, 1.82) is 5.26 Å². The first-order valence-electron chi connectivity index (χ1n) is 6.90. The average Bonchev–Trinajstić information content (AvgIpc) is 2.47.